The fourth-order valence-electron chi connectivity index (χ4n) is 2.43. The van der Waals surface area contributed by atoms with Gasteiger partial charge in [-0.05, 0) is 31.6 Å². The number of hydrogen-bond donors (Lipinski definition) is 1. The molecule has 1 aromatic heterocycles. The predicted molar refractivity (Wildman–Crippen MR) is 63.8 cm³/mol. The number of nitrogens with zero attached hydrogens (tertiary/aromatic N) is 1. The Morgan fingerprint density at radius 2 is 2.00 bits per heavy atom. The monoisotopic (exact) mass is 240 g/mol. The van der Waals surface area contributed by atoms with Gasteiger partial charge in [-0.2, -0.15) is 0 Å². The largest absolute Gasteiger partial charge is 0.365 e. The van der Waals surface area contributed by atoms with Crippen molar-refractivity contribution in [3.05, 3.63) is 23.9 Å². The smallest absolute Gasteiger partial charge is 0.168 e. The molecule has 0 spiro atoms. The number of hydrogen-bond acceptors (Lipinski definition) is 2. The molecule has 0 aliphatic heterocycles. The lowest BCUT2D eigenvalue weighted by atomic mass is 9.84. The van der Waals surface area contributed by atoms with Crippen molar-refractivity contribution in [3.8, 4) is 0 Å². The van der Waals surface area contributed by atoms with Crippen LogP contribution in [0.2, 0.25) is 0 Å². The average Bonchev–Trinajstić information content (AvgIpc) is 2.34. The van der Waals surface area contributed by atoms with Gasteiger partial charge in [-0.1, -0.05) is 13.3 Å². The Hall–Kier alpha value is -1.19. The summed E-state index contributed by atoms with van der Waals surface area (Å²) in [5.74, 6) is -0.268. The summed E-state index contributed by atoms with van der Waals surface area (Å²) >= 11 is 0. The number of aromatic nitrogens is 1. The Balaban J connectivity index is 1.93. The SMILES string of the molecule is CCC1CCC(Nc2ncc(F)cc2F)CC1. The van der Waals surface area contributed by atoms with Crippen LogP contribution in [0.5, 0.6) is 0 Å². The van der Waals surface area contributed by atoms with Gasteiger partial charge < -0.3 is 5.32 Å². The first-order valence-electron chi connectivity index (χ1n) is 6.26. The van der Waals surface area contributed by atoms with E-state index in [9.17, 15) is 8.78 Å². The average molecular weight is 240 g/mol. The van der Waals surface area contributed by atoms with Gasteiger partial charge in [0, 0.05) is 12.1 Å². The van der Waals surface area contributed by atoms with Crippen molar-refractivity contribution in [2.45, 2.75) is 45.1 Å². The molecule has 0 saturated heterocycles. The third-order valence-electron chi connectivity index (χ3n) is 3.57. The summed E-state index contributed by atoms with van der Waals surface area (Å²) in [6.07, 6.45) is 6.70. The van der Waals surface area contributed by atoms with Crippen molar-refractivity contribution in [1.82, 2.24) is 4.98 Å². The van der Waals surface area contributed by atoms with Gasteiger partial charge in [0.25, 0.3) is 0 Å². The molecule has 94 valence electrons. The molecule has 1 aliphatic rings. The van der Waals surface area contributed by atoms with Gasteiger partial charge in [-0.3, -0.25) is 0 Å². The van der Waals surface area contributed by atoms with Crippen LogP contribution < -0.4 is 5.32 Å². The van der Waals surface area contributed by atoms with Crippen molar-refractivity contribution < 1.29 is 8.78 Å². The van der Waals surface area contributed by atoms with Gasteiger partial charge in [0.2, 0.25) is 0 Å². The minimum absolute atomic E-state index is 0.173. The highest BCUT2D eigenvalue weighted by atomic mass is 19.1. The molecule has 0 atom stereocenters. The van der Waals surface area contributed by atoms with Crippen LogP contribution in [-0.4, -0.2) is 11.0 Å². The second kappa shape index (κ2) is 5.43. The van der Waals surface area contributed by atoms with Crippen LogP contribution in [0.4, 0.5) is 14.6 Å². The van der Waals surface area contributed by atoms with Gasteiger partial charge in [0.15, 0.2) is 11.6 Å². The predicted octanol–water partition coefficient (Wildman–Crippen LogP) is 3.74. The molecular formula is C13H18F2N2. The normalized spacial score (nSPS) is 24.6. The van der Waals surface area contributed by atoms with Crippen LogP contribution in [-0.2, 0) is 0 Å². The molecule has 17 heavy (non-hydrogen) atoms. The Kier molecular flexibility index (Phi) is 3.92. The summed E-state index contributed by atoms with van der Waals surface area (Å²) in [5, 5.41) is 3.07. The van der Waals surface area contributed by atoms with Crippen molar-refractivity contribution in [1.29, 1.82) is 0 Å². The minimum atomic E-state index is -0.636. The van der Waals surface area contributed by atoms with Crippen molar-refractivity contribution >= 4 is 5.82 Å². The zero-order chi connectivity index (χ0) is 12.3. The number of anilines is 1. The van der Waals surface area contributed by atoms with E-state index in [1.54, 1.807) is 0 Å². The van der Waals surface area contributed by atoms with E-state index >= 15 is 0 Å². The molecular weight excluding hydrogens is 222 g/mol. The van der Waals surface area contributed by atoms with Crippen molar-refractivity contribution in [2.75, 3.05) is 5.32 Å². The van der Waals surface area contributed by atoms with Gasteiger partial charge in [0.1, 0.15) is 5.82 Å². The number of nitrogens with one attached hydrogen (secondary N) is 1. The molecule has 1 saturated carbocycles. The van der Waals surface area contributed by atoms with Crippen LogP contribution in [0.1, 0.15) is 39.0 Å². The zero-order valence-corrected chi connectivity index (χ0v) is 10.0. The molecule has 2 nitrogen and oxygen atoms in total. The van der Waals surface area contributed by atoms with E-state index in [0.717, 1.165) is 31.0 Å². The van der Waals surface area contributed by atoms with E-state index in [1.165, 1.54) is 19.3 Å². The van der Waals surface area contributed by atoms with Crippen molar-refractivity contribution in [2.24, 2.45) is 5.92 Å². The minimum Gasteiger partial charge on any atom is -0.365 e. The molecule has 1 aliphatic carbocycles. The molecule has 0 aromatic carbocycles. The number of rotatable bonds is 3. The van der Waals surface area contributed by atoms with Gasteiger partial charge >= 0.3 is 0 Å². The van der Waals surface area contributed by atoms with Crippen LogP contribution in [0, 0.1) is 17.6 Å². The molecule has 0 amide bonds. The van der Waals surface area contributed by atoms with Crippen molar-refractivity contribution in [3.63, 3.8) is 0 Å². The first-order valence-corrected chi connectivity index (χ1v) is 6.26. The van der Waals surface area contributed by atoms with Crippen LogP contribution in [0.25, 0.3) is 0 Å². The molecule has 0 unspecified atom stereocenters. The number of pyridine rings is 1. The first-order chi connectivity index (χ1) is 8.19. The zero-order valence-electron chi connectivity index (χ0n) is 10.0. The molecule has 0 bridgehead atoms. The van der Waals surface area contributed by atoms with E-state index in [4.69, 9.17) is 0 Å². The molecule has 1 fully saturated rings. The Bertz CT molecular complexity index is 374. The molecule has 2 rings (SSSR count). The number of halogens is 2. The lowest BCUT2D eigenvalue weighted by Gasteiger charge is -2.28. The van der Waals surface area contributed by atoms with Crippen LogP contribution in [0.3, 0.4) is 0 Å². The molecule has 4 heteroatoms. The van der Waals surface area contributed by atoms with E-state index in [-0.39, 0.29) is 11.9 Å². The maximum absolute atomic E-state index is 13.4. The quantitative estimate of drug-likeness (QED) is 0.870. The maximum atomic E-state index is 13.4. The van der Waals surface area contributed by atoms with E-state index in [2.05, 4.69) is 17.2 Å². The summed E-state index contributed by atoms with van der Waals surface area (Å²) in [5.41, 5.74) is 0. The summed E-state index contributed by atoms with van der Waals surface area (Å²) in [7, 11) is 0. The maximum Gasteiger partial charge on any atom is 0.168 e. The highest BCUT2D eigenvalue weighted by molar-refractivity contribution is 5.37. The molecule has 1 N–H and O–H groups in total. The Labute approximate surface area is 100 Å². The fraction of sp³-hybridized carbons (Fsp3) is 0.615. The molecule has 1 heterocycles. The van der Waals surface area contributed by atoms with E-state index < -0.39 is 11.6 Å². The van der Waals surface area contributed by atoms with Crippen LogP contribution >= 0.6 is 0 Å². The summed E-state index contributed by atoms with van der Waals surface area (Å²) in [6.45, 7) is 2.21. The highest BCUT2D eigenvalue weighted by Crippen LogP contribution is 2.28. The highest BCUT2D eigenvalue weighted by Gasteiger charge is 2.20. The topological polar surface area (TPSA) is 24.9 Å². The third kappa shape index (κ3) is 3.14. The van der Waals surface area contributed by atoms with Crippen LogP contribution in [0.15, 0.2) is 12.3 Å². The van der Waals surface area contributed by atoms with Gasteiger partial charge in [-0.15, -0.1) is 0 Å². The first kappa shape index (κ1) is 12.3. The Morgan fingerprint density at radius 1 is 1.29 bits per heavy atom. The lowest BCUT2D eigenvalue weighted by molar-refractivity contribution is 0.329. The summed E-state index contributed by atoms with van der Waals surface area (Å²) in [6, 6.07) is 1.14. The fourth-order valence-corrected chi connectivity index (χ4v) is 2.43. The lowest BCUT2D eigenvalue weighted by Crippen LogP contribution is -2.26. The Morgan fingerprint density at radius 3 is 2.59 bits per heavy atom. The van der Waals surface area contributed by atoms with E-state index in [1.807, 2.05) is 0 Å². The standard InChI is InChI=1S/C13H18F2N2/c1-2-9-3-5-11(6-4-9)17-13-12(15)7-10(14)8-16-13/h7-9,11H,2-6H2,1H3,(H,16,17). The molecule has 1 aromatic rings. The summed E-state index contributed by atoms with van der Waals surface area (Å²) in [4.78, 5) is 3.75. The summed E-state index contributed by atoms with van der Waals surface area (Å²) < 4.78 is 26.1. The third-order valence-corrected chi connectivity index (χ3v) is 3.57. The van der Waals surface area contributed by atoms with Gasteiger partial charge in [-0.25, -0.2) is 13.8 Å². The second-order valence-corrected chi connectivity index (χ2v) is 4.75. The molecule has 0 radical (unpaired) electrons. The second-order valence-electron chi connectivity index (χ2n) is 4.75. The van der Waals surface area contributed by atoms with E-state index in [0.29, 0.717) is 0 Å². The van der Waals surface area contributed by atoms with Gasteiger partial charge in [0.05, 0.1) is 6.20 Å².